The third-order valence-corrected chi connectivity index (χ3v) is 7.91. The summed E-state index contributed by atoms with van der Waals surface area (Å²) in [6.45, 7) is 10.7. The van der Waals surface area contributed by atoms with Crippen molar-refractivity contribution in [2.24, 2.45) is 0 Å². The molecule has 6 heteroatoms. The topological polar surface area (TPSA) is 65.0 Å². The molecule has 2 aromatic carbocycles. The first-order valence-electron chi connectivity index (χ1n) is 10.6. The van der Waals surface area contributed by atoms with Gasteiger partial charge in [0.2, 0.25) is 0 Å². The fourth-order valence-electron chi connectivity index (χ4n) is 4.08. The van der Waals surface area contributed by atoms with Crippen LogP contribution in [0.25, 0.3) is 0 Å². The van der Waals surface area contributed by atoms with E-state index in [1.165, 1.54) is 11.1 Å². The number of fused-ring (bicyclic) bond motifs is 1. The van der Waals surface area contributed by atoms with Gasteiger partial charge in [-0.25, -0.2) is 0 Å². The fraction of sp³-hybridized carbons (Fsp3) is 0.480. The van der Waals surface area contributed by atoms with Crippen molar-refractivity contribution in [3.05, 3.63) is 53.1 Å². The van der Waals surface area contributed by atoms with E-state index in [9.17, 15) is 9.90 Å². The summed E-state index contributed by atoms with van der Waals surface area (Å²) in [6, 6.07) is 11.5. The van der Waals surface area contributed by atoms with E-state index >= 15 is 0 Å². The third kappa shape index (κ3) is 5.32. The molecule has 0 fully saturated rings. The predicted octanol–water partition coefficient (Wildman–Crippen LogP) is 3.73. The van der Waals surface area contributed by atoms with Crippen LogP contribution in [-0.2, 0) is 20.3 Å². The van der Waals surface area contributed by atoms with Gasteiger partial charge in [-0.1, -0.05) is 0 Å². The second kappa shape index (κ2) is 9.33. The van der Waals surface area contributed by atoms with Crippen LogP contribution in [0.5, 0.6) is 5.75 Å². The number of aromatic carboxylic acids is 1. The van der Waals surface area contributed by atoms with E-state index in [0.29, 0.717) is 12.2 Å². The number of carbonyl (C=O) groups is 1. The molecule has 2 aromatic rings. The summed E-state index contributed by atoms with van der Waals surface area (Å²) >= 11 is -0.0650. The summed E-state index contributed by atoms with van der Waals surface area (Å²) in [5, 5.41) is 9.34. The van der Waals surface area contributed by atoms with Crippen LogP contribution in [0.1, 0.15) is 68.9 Å². The van der Waals surface area contributed by atoms with E-state index in [-0.39, 0.29) is 25.8 Å². The van der Waals surface area contributed by atoms with Crippen LogP contribution in [-0.4, -0.2) is 46.2 Å². The maximum absolute atomic E-state index is 11.4. The molecule has 0 heterocycles. The first kappa shape index (κ1) is 23.8. The molecule has 1 aliphatic carbocycles. The number of hydrogen-bond donors (Lipinski definition) is 1. The summed E-state index contributed by atoms with van der Waals surface area (Å²) in [7, 11) is 1.58. The summed E-state index contributed by atoms with van der Waals surface area (Å²) < 4.78 is 19.4. The number of rotatable bonds is 8. The van der Waals surface area contributed by atoms with Gasteiger partial charge in [0.1, 0.15) is 0 Å². The minimum atomic E-state index is -0.908. The second-order valence-electron chi connectivity index (χ2n) is 9.14. The molecule has 0 aliphatic heterocycles. The Kier molecular flexibility index (Phi) is 7.17. The second-order valence-corrected chi connectivity index (χ2v) is 11.6. The molecule has 31 heavy (non-hydrogen) atoms. The van der Waals surface area contributed by atoms with Crippen LogP contribution in [0.3, 0.4) is 0 Å². The van der Waals surface area contributed by atoms with E-state index in [4.69, 9.17) is 14.2 Å². The van der Waals surface area contributed by atoms with Crippen molar-refractivity contribution in [2.45, 2.75) is 64.8 Å². The molecule has 1 N–H and O–H groups in total. The number of ether oxygens (including phenoxy) is 3. The van der Waals surface area contributed by atoms with Crippen LogP contribution < -0.4 is 13.7 Å². The van der Waals surface area contributed by atoms with Crippen molar-refractivity contribution in [2.75, 3.05) is 13.7 Å². The van der Waals surface area contributed by atoms with E-state index in [0.717, 1.165) is 27.5 Å². The Morgan fingerprint density at radius 2 is 1.81 bits per heavy atom. The summed E-state index contributed by atoms with van der Waals surface area (Å²) in [5.74, 6) is -0.114. The quantitative estimate of drug-likeness (QED) is 0.450. The molecule has 1 aliphatic rings. The standard InChI is InChI=1S/C25H32O5Se/c1-7-29-23(28-6)30-20-15-18(31-17-10-8-9-16(13-17)22(26)27)14-19-21(20)25(4,5)12-11-24(19,2)3/h8-10,13-15,23H,7,11-12H2,1-6H3,(H,26,27). The van der Waals surface area contributed by atoms with Crippen LogP contribution in [0.2, 0.25) is 0 Å². The van der Waals surface area contributed by atoms with E-state index < -0.39 is 12.4 Å². The zero-order valence-electron chi connectivity index (χ0n) is 19.2. The fourth-order valence-corrected chi connectivity index (χ4v) is 6.06. The molecule has 1 atom stereocenters. The molecule has 3 rings (SSSR count). The molecule has 1 unspecified atom stereocenters. The molecule has 0 amide bonds. The molecule has 168 valence electrons. The van der Waals surface area contributed by atoms with Crippen LogP contribution in [0.15, 0.2) is 36.4 Å². The Hall–Kier alpha value is -1.85. The predicted molar refractivity (Wildman–Crippen MR) is 123 cm³/mol. The van der Waals surface area contributed by atoms with Gasteiger partial charge in [0, 0.05) is 0 Å². The van der Waals surface area contributed by atoms with Crippen LogP contribution >= 0.6 is 0 Å². The SMILES string of the molecule is CCOC(OC)Oc1cc([Se]c2cccc(C(=O)O)c2)cc2c1C(C)(C)CCC2(C)C. The number of carboxylic acid groups (broad SMARTS) is 1. The van der Waals surface area contributed by atoms with Gasteiger partial charge in [-0.05, 0) is 0 Å². The maximum atomic E-state index is 11.4. The van der Waals surface area contributed by atoms with Gasteiger partial charge in [-0.2, -0.15) is 0 Å². The molecule has 0 saturated heterocycles. The van der Waals surface area contributed by atoms with Gasteiger partial charge in [0.25, 0.3) is 0 Å². The van der Waals surface area contributed by atoms with E-state index in [1.807, 2.05) is 13.0 Å². The van der Waals surface area contributed by atoms with Crippen LogP contribution in [0, 0.1) is 0 Å². The van der Waals surface area contributed by atoms with Gasteiger partial charge >= 0.3 is 191 Å². The van der Waals surface area contributed by atoms with Gasteiger partial charge in [-0.3, -0.25) is 0 Å². The summed E-state index contributed by atoms with van der Waals surface area (Å²) in [5.41, 5.74) is 2.81. The van der Waals surface area contributed by atoms with Crippen molar-refractivity contribution in [3.8, 4) is 5.75 Å². The van der Waals surface area contributed by atoms with Crippen LogP contribution in [0.4, 0.5) is 0 Å². The van der Waals surface area contributed by atoms with Crippen molar-refractivity contribution in [1.82, 2.24) is 0 Å². The van der Waals surface area contributed by atoms with E-state index in [1.54, 1.807) is 25.3 Å². The molecule has 0 saturated carbocycles. The summed E-state index contributed by atoms with van der Waals surface area (Å²) in [6.07, 6.45) is 2.16. The number of hydrogen-bond acceptors (Lipinski definition) is 4. The first-order chi connectivity index (χ1) is 14.6. The normalized spacial score (nSPS) is 17.6. The van der Waals surface area contributed by atoms with Gasteiger partial charge in [-0.15, -0.1) is 0 Å². The molecule has 0 bridgehead atoms. The Morgan fingerprint density at radius 3 is 2.45 bits per heavy atom. The van der Waals surface area contributed by atoms with Crippen molar-refractivity contribution >= 4 is 29.8 Å². The Bertz CT molecular complexity index is 951. The molecule has 0 radical (unpaired) electrons. The van der Waals surface area contributed by atoms with Gasteiger partial charge in [0.05, 0.1) is 0 Å². The third-order valence-electron chi connectivity index (χ3n) is 5.89. The average molecular weight is 491 g/mol. The monoisotopic (exact) mass is 492 g/mol. The Balaban J connectivity index is 2.10. The molecular weight excluding hydrogens is 459 g/mol. The zero-order valence-corrected chi connectivity index (χ0v) is 20.9. The number of methoxy groups -OCH3 is 1. The first-order valence-corrected chi connectivity index (χ1v) is 12.3. The Labute approximate surface area is 191 Å². The van der Waals surface area contributed by atoms with Crippen molar-refractivity contribution in [3.63, 3.8) is 0 Å². The van der Waals surface area contributed by atoms with Gasteiger partial charge in [0.15, 0.2) is 0 Å². The Morgan fingerprint density at radius 1 is 1.10 bits per heavy atom. The number of benzene rings is 2. The van der Waals surface area contributed by atoms with Crippen molar-refractivity contribution < 1.29 is 24.1 Å². The minimum absolute atomic E-state index is 0.0200. The molecular formula is C25H32O5Se. The van der Waals surface area contributed by atoms with E-state index in [2.05, 4.69) is 39.8 Å². The average Bonchev–Trinajstić information content (AvgIpc) is 2.71. The molecule has 0 aromatic heterocycles. The van der Waals surface area contributed by atoms with Crippen molar-refractivity contribution in [1.29, 1.82) is 0 Å². The summed E-state index contributed by atoms with van der Waals surface area (Å²) in [4.78, 5) is 11.4. The van der Waals surface area contributed by atoms with Gasteiger partial charge < -0.3 is 0 Å². The number of carboxylic acids is 1. The zero-order chi connectivity index (χ0) is 22.8. The molecule has 0 spiro atoms. The molecule has 5 nitrogen and oxygen atoms in total.